The summed E-state index contributed by atoms with van der Waals surface area (Å²) in [6, 6.07) is 0. The first kappa shape index (κ1) is 9.92. The summed E-state index contributed by atoms with van der Waals surface area (Å²) in [5.41, 5.74) is -0.114. The molecular formula is C8H18O2. The molecule has 2 atom stereocenters. The molecule has 0 bridgehead atoms. The van der Waals surface area contributed by atoms with Crippen molar-refractivity contribution in [2.24, 2.45) is 5.41 Å². The highest BCUT2D eigenvalue weighted by atomic mass is 16.3. The lowest BCUT2D eigenvalue weighted by molar-refractivity contribution is 0.0188. The number of rotatable bonds is 2. The van der Waals surface area contributed by atoms with Crippen molar-refractivity contribution in [2.45, 2.75) is 46.3 Å². The Hall–Kier alpha value is -0.0800. The lowest BCUT2D eigenvalue weighted by Gasteiger charge is -2.26. The molecule has 2 heteroatoms. The predicted molar refractivity (Wildman–Crippen MR) is 41.8 cm³/mol. The minimum absolute atomic E-state index is 0.114. The van der Waals surface area contributed by atoms with Gasteiger partial charge in [-0.25, -0.2) is 0 Å². The third kappa shape index (κ3) is 3.85. The van der Waals surface area contributed by atoms with Crippen LogP contribution in [0.4, 0.5) is 0 Å². The Balaban J connectivity index is 3.73. The van der Waals surface area contributed by atoms with Gasteiger partial charge in [0.25, 0.3) is 0 Å². The van der Waals surface area contributed by atoms with Gasteiger partial charge in [-0.2, -0.15) is 0 Å². The van der Waals surface area contributed by atoms with E-state index in [1.807, 2.05) is 20.8 Å². The van der Waals surface area contributed by atoms with Crippen LogP contribution in [0, 0.1) is 5.41 Å². The van der Waals surface area contributed by atoms with Gasteiger partial charge in [-0.05, 0) is 18.8 Å². The van der Waals surface area contributed by atoms with Crippen molar-refractivity contribution in [3.8, 4) is 0 Å². The number of aliphatic hydroxyl groups is 2. The first-order valence-electron chi connectivity index (χ1n) is 3.70. The Morgan fingerprint density at radius 1 is 1.20 bits per heavy atom. The van der Waals surface area contributed by atoms with Crippen LogP contribution in [0.15, 0.2) is 0 Å². The summed E-state index contributed by atoms with van der Waals surface area (Å²) < 4.78 is 0. The summed E-state index contributed by atoms with van der Waals surface area (Å²) in [7, 11) is 0. The highest BCUT2D eigenvalue weighted by molar-refractivity contribution is 4.73. The van der Waals surface area contributed by atoms with E-state index in [0.29, 0.717) is 6.42 Å². The zero-order valence-corrected chi connectivity index (χ0v) is 7.26. The van der Waals surface area contributed by atoms with Crippen molar-refractivity contribution < 1.29 is 10.2 Å². The Kier molecular flexibility index (Phi) is 3.33. The standard InChI is InChI=1S/C8H18O2/c1-6(9)5-7(10)8(2,3)4/h6-7,9-10H,5H2,1-4H3/t6-,7?/m0/s1. The first-order chi connectivity index (χ1) is 4.34. The largest absolute Gasteiger partial charge is 0.393 e. The molecule has 0 amide bonds. The minimum Gasteiger partial charge on any atom is -0.393 e. The second-order valence-corrected chi connectivity index (χ2v) is 3.97. The lowest BCUT2D eigenvalue weighted by Crippen LogP contribution is -2.29. The molecule has 0 aliphatic rings. The van der Waals surface area contributed by atoms with Crippen LogP contribution < -0.4 is 0 Å². The molecule has 0 aliphatic carbocycles. The van der Waals surface area contributed by atoms with Gasteiger partial charge in [0.2, 0.25) is 0 Å². The van der Waals surface area contributed by atoms with E-state index in [9.17, 15) is 5.11 Å². The highest BCUT2D eigenvalue weighted by Gasteiger charge is 2.22. The van der Waals surface area contributed by atoms with Crippen LogP contribution in [0.1, 0.15) is 34.1 Å². The molecule has 10 heavy (non-hydrogen) atoms. The number of hydrogen-bond donors (Lipinski definition) is 2. The molecular weight excluding hydrogens is 128 g/mol. The van der Waals surface area contributed by atoms with Crippen molar-refractivity contribution >= 4 is 0 Å². The molecule has 62 valence electrons. The van der Waals surface area contributed by atoms with Crippen molar-refractivity contribution in [3.63, 3.8) is 0 Å². The van der Waals surface area contributed by atoms with E-state index in [1.165, 1.54) is 0 Å². The maximum absolute atomic E-state index is 9.40. The lowest BCUT2D eigenvalue weighted by atomic mass is 9.86. The first-order valence-corrected chi connectivity index (χ1v) is 3.70. The van der Waals surface area contributed by atoms with Gasteiger partial charge in [0, 0.05) is 0 Å². The van der Waals surface area contributed by atoms with Crippen molar-refractivity contribution in [1.82, 2.24) is 0 Å². The van der Waals surface area contributed by atoms with Gasteiger partial charge in [-0.15, -0.1) is 0 Å². The zero-order valence-electron chi connectivity index (χ0n) is 7.26. The topological polar surface area (TPSA) is 40.5 Å². The summed E-state index contributed by atoms with van der Waals surface area (Å²) in [6.07, 6.45) is -0.356. The van der Waals surface area contributed by atoms with Crippen LogP contribution in [0.25, 0.3) is 0 Å². The van der Waals surface area contributed by atoms with Crippen LogP contribution in [-0.4, -0.2) is 22.4 Å². The maximum Gasteiger partial charge on any atom is 0.0613 e. The molecule has 0 aromatic heterocycles. The molecule has 0 spiro atoms. The fourth-order valence-corrected chi connectivity index (χ4v) is 0.677. The van der Waals surface area contributed by atoms with Gasteiger partial charge in [0.15, 0.2) is 0 Å². The molecule has 0 saturated heterocycles. The number of aliphatic hydroxyl groups excluding tert-OH is 2. The highest BCUT2D eigenvalue weighted by Crippen LogP contribution is 2.22. The monoisotopic (exact) mass is 146 g/mol. The van der Waals surface area contributed by atoms with Crippen LogP contribution in [0.3, 0.4) is 0 Å². The van der Waals surface area contributed by atoms with Gasteiger partial charge in [-0.1, -0.05) is 20.8 Å². The van der Waals surface area contributed by atoms with Crippen LogP contribution in [0.5, 0.6) is 0 Å². The van der Waals surface area contributed by atoms with Crippen LogP contribution >= 0.6 is 0 Å². The van der Waals surface area contributed by atoms with E-state index in [1.54, 1.807) is 6.92 Å². The van der Waals surface area contributed by atoms with Crippen molar-refractivity contribution in [1.29, 1.82) is 0 Å². The molecule has 0 saturated carbocycles. The van der Waals surface area contributed by atoms with E-state index >= 15 is 0 Å². The van der Waals surface area contributed by atoms with Crippen molar-refractivity contribution in [3.05, 3.63) is 0 Å². The fourth-order valence-electron chi connectivity index (χ4n) is 0.677. The van der Waals surface area contributed by atoms with E-state index in [4.69, 9.17) is 5.11 Å². The van der Waals surface area contributed by atoms with E-state index in [2.05, 4.69) is 0 Å². The molecule has 0 aromatic carbocycles. The summed E-state index contributed by atoms with van der Waals surface area (Å²) >= 11 is 0. The molecule has 0 rings (SSSR count). The SMILES string of the molecule is C[C@H](O)CC(O)C(C)(C)C. The predicted octanol–water partition coefficient (Wildman–Crippen LogP) is 1.16. The smallest absolute Gasteiger partial charge is 0.0613 e. The van der Waals surface area contributed by atoms with Gasteiger partial charge in [0.05, 0.1) is 12.2 Å². The third-order valence-electron chi connectivity index (χ3n) is 1.56. The number of hydrogen-bond acceptors (Lipinski definition) is 2. The summed E-state index contributed by atoms with van der Waals surface area (Å²) in [6.45, 7) is 7.56. The zero-order chi connectivity index (χ0) is 8.36. The molecule has 1 unspecified atom stereocenters. The summed E-state index contributed by atoms with van der Waals surface area (Å²) in [5.74, 6) is 0. The van der Waals surface area contributed by atoms with Gasteiger partial charge >= 0.3 is 0 Å². The fraction of sp³-hybridized carbons (Fsp3) is 1.00. The molecule has 0 aromatic rings. The Morgan fingerprint density at radius 2 is 1.60 bits per heavy atom. The molecule has 2 nitrogen and oxygen atoms in total. The second-order valence-electron chi connectivity index (χ2n) is 3.97. The average molecular weight is 146 g/mol. The van der Waals surface area contributed by atoms with E-state index in [-0.39, 0.29) is 5.41 Å². The van der Waals surface area contributed by atoms with E-state index in [0.717, 1.165) is 0 Å². The molecule has 0 heterocycles. The van der Waals surface area contributed by atoms with Gasteiger partial charge < -0.3 is 10.2 Å². The quantitative estimate of drug-likeness (QED) is 0.614. The van der Waals surface area contributed by atoms with Crippen molar-refractivity contribution in [2.75, 3.05) is 0 Å². The summed E-state index contributed by atoms with van der Waals surface area (Å²) in [4.78, 5) is 0. The normalized spacial score (nSPS) is 18.6. The Labute approximate surface area is 62.9 Å². The summed E-state index contributed by atoms with van der Waals surface area (Å²) in [5, 5.41) is 18.3. The van der Waals surface area contributed by atoms with Crippen LogP contribution in [-0.2, 0) is 0 Å². The molecule has 2 N–H and O–H groups in total. The third-order valence-corrected chi connectivity index (χ3v) is 1.56. The second kappa shape index (κ2) is 3.35. The molecule has 0 radical (unpaired) electrons. The van der Waals surface area contributed by atoms with Gasteiger partial charge in [-0.3, -0.25) is 0 Å². The van der Waals surface area contributed by atoms with E-state index < -0.39 is 12.2 Å². The Bertz CT molecular complexity index is 91.9. The molecule has 0 fully saturated rings. The maximum atomic E-state index is 9.40. The minimum atomic E-state index is -0.410. The Morgan fingerprint density at radius 3 is 1.70 bits per heavy atom. The molecule has 0 aliphatic heterocycles. The van der Waals surface area contributed by atoms with Crippen LogP contribution in [0.2, 0.25) is 0 Å². The average Bonchev–Trinajstić information content (AvgIpc) is 1.60. The van der Waals surface area contributed by atoms with Gasteiger partial charge in [0.1, 0.15) is 0 Å².